The molecule has 4 aromatic heterocycles. The molecule has 5 rings (SSSR count). The lowest BCUT2D eigenvalue weighted by Crippen LogP contribution is -2.27. The number of carbonyl (C=O) groups excluding carboxylic acids is 1. The van der Waals surface area contributed by atoms with Gasteiger partial charge < -0.3 is 24.1 Å². The van der Waals surface area contributed by atoms with Gasteiger partial charge in [-0.1, -0.05) is 0 Å². The lowest BCUT2D eigenvalue weighted by atomic mass is 10.1. The predicted molar refractivity (Wildman–Crippen MR) is 147 cm³/mol. The largest absolute Gasteiger partial charge is 0.491 e. The Morgan fingerprint density at radius 1 is 0.976 bits per heavy atom. The van der Waals surface area contributed by atoms with Crippen molar-refractivity contribution < 1.29 is 27.8 Å². The molecule has 0 fully saturated rings. The summed E-state index contributed by atoms with van der Waals surface area (Å²) in [4.78, 5) is 39.0. The predicted octanol–water partition coefficient (Wildman–Crippen LogP) is 5.04. The van der Waals surface area contributed by atoms with E-state index in [1.54, 1.807) is 24.6 Å². The summed E-state index contributed by atoms with van der Waals surface area (Å²) >= 11 is 0. The number of nitrogens with zero attached hydrogens (tertiary/aromatic N) is 4. The molecule has 1 N–H and O–H groups in total. The van der Waals surface area contributed by atoms with Crippen LogP contribution in [-0.2, 0) is 7.05 Å². The second-order valence-electron chi connectivity index (χ2n) is 8.88. The van der Waals surface area contributed by atoms with Crippen LogP contribution in [0.2, 0.25) is 0 Å². The number of halogens is 2. The molecule has 0 aliphatic carbocycles. The number of pyridine rings is 4. The lowest BCUT2D eigenvalue weighted by molar-refractivity contribution is 0.102. The van der Waals surface area contributed by atoms with Crippen LogP contribution in [0.4, 0.5) is 14.5 Å². The molecule has 12 heteroatoms. The standard InChI is InChI=1S/C29H23F2N5O5/c1-15-25(27(37)18(14-36(15)2)20-7-5-16(30)13-33-20)28(38)34-17-6-8-22(19(31)11-17)41-23-9-10-32-21-12-24(39-3)29(40-4)35-26(21)23/h5-14H,1-4H3,(H,34,38). The summed E-state index contributed by atoms with van der Waals surface area (Å²) in [5.41, 5.74) is 0.813. The van der Waals surface area contributed by atoms with Gasteiger partial charge in [0.2, 0.25) is 5.43 Å². The highest BCUT2D eigenvalue weighted by atomic mass is 19.1. The van der Waals surface area contributed by atoms with Gasteiger partial charge in [-0.25, -0.2) is 13.8 Å². The first-order chi connectivity index (χ1) is 19.7. The van der Waals surface area contributed by atoms with Gasteiger partial charge in [0.05, 0.1) is 37.2 Å². The molecular weight excluding hydrogens is 536 g/mol. The van der Waals surface area contributed by atoms with Crippen LogP contribution in [0.25, 0.3) is 22.3 Å². The van der Waals surface area contributed by atoms with E-state index in [1.165, 1.54) is 56.9 Å². The van der Waals surface area contributed by atoms with Crippen molar-refractivity contribution in [3.05, 3.63) is 94.2 Å². The van der Waals surface area contributed by atoms with Crippen molar-refractivity contribution in [2.75, 3.05) is 19.5 Å². The second-order valence-corrected chi connectivity index (χ2v) is 8.88. The van der Waals surface area contributed by atoms with Gasteiger partial charge in [-0.3, -0.25) is 19.6 Å². The summed E-state index contributed by atoms with van der Waals surface area (Å²) in [6.07, 6.45) is 3.99. The Hall–Kier alpha value is -5.39. The maximum Gasteiger partial charge on any atom is 0.261 e. The molecule has 41 heavy (non-hydrogen) atoms. The van der Waals surface area contributed by atoms with Gasteiger partial charge in [0.15, 0.2) is 23.1 Å². The molecule has 5 aromatic rings. The SMILES string of the molecule is COc1cc2nccc(Oc3ccc(NC(=O)c4c(C)n(C)cc(-c5ccc(F)cn5)c4=O)cc3F)c2nc1OC. The smallest absolute Gasteiger partial charge is 0.261 e. The summed E-state index contributed by atoms with van der Waals surface area (Å²) in [6, 6.07) is 9.51. The number of amides is 1. The van der Waals surface area contributed by atoms with Gasteiger partial charge in [0.1, 0.15) is 16.9 Å². The van der Waals surface area contributed by atoms with Gasteiger partial charge in [-0.05, 0) is 31.2 Å². The van der Waals surface area contributed by atoms with Crippen LogP contribution < -0.4 is 25.0 Å². The summed E-state index contributed by atoms with van der Waals surface area (Å²) in [5.74, 6) is -1.41. The number of rotatable bonds is 7. The van der Waals surface area contributed by atoms with Gasteiger partial charge in [0.25, 0.3) is 11.8 Å². The number of ether oxygens (including phenoxy) is 3. The maximum absolute atomic E-state index is 15.1. The quantitative estimate of drug-likeness (QED) is 0.295. The van der Waals surface area contributed by atoms with Crippen LogP contribution in [-0.4, -0.2) is 39.6 Å². The molecule has 4 heterocycles. The molecule has 0 radical (unpaired) electrons. The number of aryl methyl sites for hydroxylation is 1. The van der Waals surface area contributed by atoms with Gasteiger partial charge >= 0.3 is 0 Å². The number of aromatic nitrogens is 4. The van der Waals surface area contributed by atoms with Gasteiger partial charge in [0, 0.05) is 49.0 Å². The van der Waals surface area contributed by atoms with E-state index < -0.39 is 23.0 Å². The fraction of sp³-hybridized carbons (Fsp3) is 0.138. The minimum Gasteiger partial charge on any atom is -0.491 e. The topological polar surface area (TPSA) is 117 Å². The van der Waals surface area contributed by atoms with Crippen molar-refractivity contribution in [3.8, 4) is 34.4 Å². The number of carbonyl (C=O) groups is 1. The van der Waals surface area contributed by atoms with E-state index in [-0.39, 0.29) is 39.9 Å². The van der Waals surface area contributed by atoms with Crippen LogP contribution in [0.15, 0.2) is 65.8 Å². The third kappa shape index (κ3) is 5.26. The molecule has 0 atom stereocenters. The van der Waals surface area contributed by atoms with Gasteiger partial charge in [-0.15, -0.1) is 0 Å². The van der Waals surface area contributed by atoms with Crippen LogP contribution in [0, 0.1) is 18.6 Å². The van der Waals surface area contributed by atoms with E-state index in [9.17, 15) is 14.0 Å². The van der Waals surface area contributed by atoms with E-state index in [4.69, 9.17) is 14.2 Å². The monoisotopic (exact) mass is 559 g/mol. The molecule has 0 aliphatic rings. The molecule has 0 bridgehead atoms. The fourth-order valence-electron chi connectivity index (χ4n) is 4.17. The van der Waals surface area contributed by atoms with Crippen LogP contribution in [0.1, 0.15) is 16.1 Å². The minimum atomic E-state index is -0.776. The van der Waals surface area contributed by atoms with Crippen molar-refractivity contribution in [1.29, 1.82) is 0 Å². The van der Waals surface area contributed by atoms with E-state index in [0.717, 1.165) is 12.3 Å². The highest BCUT2D eigenvalue weighted by Gasteiger charge is 2.21. The van der Waals surface area contributed by atoms with Crippen molar-refractivity contribution >= 4 is 22.6 Å². The summed E-state index contributed by atoms with van der Waals surface area (Å²) in [5, 5.41) is 2.56. The van der Waals surface area contributed by atoms with Crippen molar-refractivity contribution in [1.82, 2.24) is 19.5 Å². The lowest BCUT2D eigenvalue weighted by Gasteiger charge is -2.14. The Bertz CT molecular complexity index is 1860. The third-order valence-electron chi connectivity index (χ3n) is 6.35. The van der Waals surface area contributed by atoms with Crippen LogP contribution in [0.3, 0.4) is 0 Å². The van der Waals surface area contributed by atoms with E-state index in [0.29, 0.717) is 22.5 Å². The van der Waals surface area contributed by atoms with E-state index in [1.807, 2.05) is 0 Å². The molecule has 208 valence electrons. The molecule has 0 unspecified atom stereocenters. The van der Waals surface area contributed by atoms with Crippen molar-refractivity contribution in [3.63, 3.8) is 0 Å². The molecule has 1 aromatic carbocycles. The third-order valence-corrected chi connectivity index (χ3v) is 6.35. The number of nitrogens with one attached hydrogen (secondary N) is 1. The minimum absolute atomic E-state index is 0.0933. The Balaban J connectivity index is 1.43. The fourth-order valence-corrected chi connectivity index (χ4v) is 4.17. The normalized spacial score (nSPS) is 10.9. The van der Waals surface area contributed by atoms with Gasteiger partial charge in [-0.2, -0.15) is 0 Å². The Morgan fingerprint density at radius 3 is 2.46 bits per heavy atom. The number of fused-ring (bicyclic) bond motifs is 1. The maximum atomic E-state index is 15.1. The number of anilines is 1. The molecule has 10 nitrogen and oxygen atoms in total. The van der Waals surface area contributed by atoms with E-state index in [2.05, 4.69) is 20.3 Å². The Labute approximate surface area is 232 Å². The zero-order chi connectivity index (χ0) is 29.3. The summed E-state index contributed by atoms with van der Waals surface area (Å²) < 4.78 is 46.4. The van der Waals surface area contributed by atoms with Crippen LogP contribution >= 0.6 is 0 Å². The Kier molecular flexibility index (Phi) is 7.30. The number of methoxy groups -OCH3 is 2. The molecule has 0 saturated carbocycles. The Morgan fingerprint density at radius 2 is 1.78 bits per heavy atom. The average molecular weight is 560 g/mol. The van der Waals surface area contributed by atoms with Crippen molar-refractivity contribution in [2.24, 2.45) is 7.05 Å². The zero-order valence-electron chi connectivity index (χ0n) is 22.4. The first-order valence-electron chi connectivity index (χ1n) is 12.2. The first kappa shape index (κ1) is 27.2. The first-order valence-corrected chi connectivity index (χ1v) is 12.2. The number of hydrogen-bond acceptors (Lipinski definition) is 8. The van der Waals surface area contributed by atoms with E-state index >= 15 is 4.39 Å². The number of benzene rings is 1. The van der Waals surface area contributed by atoms with Crippen LogP contribution in [0.5, 0.6) is 23.1 Å². The highest BCUT2D eigenvalue weighted by Crippen LogP contribution is 2.35. The van der Waals surface area contributed by atoms with Crippen molar-refractivity contribution in [2.45, 2.75) is 6.92 Å². The molecule has 1 amide bonds. The highest BCUT2D eigenvalue weighted by molar-refractivity contribution is 6.05. The summed E-state index contributed by atoms with van der Waals surface area (Å²) in [6.45, 7) is 1.60. The number of hydrogen-bond donors (Lipinski definition) is 1. The molecular formula is C29H23F2N5O5. The molecule has 0 aliphatic heterocycles. The molecule has 0 saturated heterocycles. The zero-order valence-corrected chi connectivity index (χ0v) is 22.4. The molecule has 0 spiro atoms. The average Bonchev–Trinajstić information content (AvgIpc) is 2.96. The second kappa shape index (κ2) is 11.0. The summed E-state index contributed by atoms with van der Waals surface area (Å²) in [7, 11) is 4.57.